The standard InChI is InChI=1S/C24H36N6O8/c31-23(25-9-13-37-29(33)34)21-3-1-11-27(17-21)15-19-5-7-20(8-6-19)16-28-12-2-4-22(18-28)24(32)26-10-14-38-30(35)36/h5-8,21-22H,1-4,9-18H2,(H,25,31)(H,26,32). The molecule has 0 aromatic heterocycles. The lowest BCUT2D eigenvalue weighted by atomic mass is 9.96. The molecule has 0 radical (unpaired) electrons. The molecule has 2 aliphatic rings. The molecular formula is C24H36N6O8. The summed E-state index contributed by atoms with van der Waals surface area (Å²) in [4.78, 5) is 58.2. The largest absolute Gasteiger partial charge is 0.354 e. The van der Waals surface area contributed by atoms with Gasteiger partial charge in [-0.15, -0.1) is 20.2 Å². The number of carbonyl (C=O) groups excluding carboxylic acids is 2. The monoisotopic (exact) mass is 536 g/mol. The SMILES string of the molecule is O=C(NCCO[N+](=O)[O-])C1CCCN(Cc2ccc(CN3CCCC(C(=O)NCCO[N+](=O)[O-])C3)cc2)C1. The molecule has 14 nitrogen and oxygen atoms in total. The quantitative estimate of drug-likeness (QED) is 0.197. The van der Waals surface area contributed by atoms with Crippen LogP contribution in [-0.2, 0) is 32.4 Å². The molecule has 0 bridgehead atoms. The van der Waals surface area contributed by atoms with Gasteiger partial charge in [-0.3, -0.25) is 19.4 Å². The molecule has 38 heavy (non-hydrogen) atoms. The maximum absolute atomic E-state index is 12.4. The van der Waals surface area contributed by atoms with Gasteiger partial charge < -0.3 is 20.3 Å². The van der Waals surface area contributed by atoms with Crippen molar-refractivity contribution < 1.29 is 29.4 Å². The van der Waals surface area contributed by atoms with Gasteiger partial charge in [0.15, 0.2) is 0 Å². The van der Waals surface area contributed by atoms with Gasteiger partial charge in [-0.1, -0.05) is 24.3 Å². The van der Waals surface area contributed by atoms with Gasteiger partial charge in [0, 0.05) is 39.3 Å². The highest BCUT2D eigenvalue weighted by atomic mass is 17.0. The molecule has 210 valence electrons. The van der Waals surface area contributed by atoms with Gasteiger partial charge in [-0.05, 0) is 49.9 Å². The number of nitrogens with zero attached hydrogens (tertiary/aromatic N) is 4. The van der Waals surface area contributed by atoms with E-state index in [4.69, 9.17) is 0 Å². The van der Waals surface area contributed by atoms with Crippen molar-refractivity contribution in [3.63, 3.8) is 0 Å². The van der Waals surface area contributed by atoms with E-state index in [1.807, 2.05) is 0 Å². The number of piperidine rings is 2. The van der Waals surface area contributed by atoms with E-state index >= 15 is 0 Å². The second-order valence-electron chi connectivity index (χ2n) is 9.66. The van der Waals surface area contributed by atoms with Crippen LogP contribution in [-0.4, -0.2) is 84.3 Å². The van der Waals surface area contributed by atoms with Crippen molar-refractivity contribution in [3.8, 4) is 0 Å². The molecule has 2 heterocycles. The van der Waals surface area contributed by atoms with Crippen LogP contribution < -0.4 is 10.6 Å². The lowest BCUT2D eigenvalue weighted by molar-refractivity contribution is -0.757. The third-order valence-electron chi connectivity index (χ3n) is 6.78. The van der Waals surface area contributed by atoms with Crippen molar-refractivity contribution >= 4 is 11.8 Å². The van der Waals surface area contributed by atoms with Crippen LogP contribution in [0.15, 0.2) is 24.3 Å². The highest BCUT2D eigenvalue weighted by Crippen LogP contribution is 2.21. The number of likely N-dealkylation sites (tertiary alicyclic amines) is 2. The van der Waals surface area contributed by atoms with E-state index in [-0.39, 0.29) is 50.0 Å². The fourth-order valence-electron chi connectivity index (χ4n) is 4.97. The maximum atomic E-state index is 12.4. The number of amides is 2. The predicted molar refractivity (Wildman–Crippen MR) is 134 cm³/mol. The summed E-state index contributed by atoms with van der Waals surface area (Å²) < 4.78 is 0. The first kappa shape index (κ1) is 29.0. The molecule has 3 rings (SSSR count). The van der Waals surface area contributed by atoms with E-state index in [1.165, 1.54) is 0 Å². The topological polar surface area (TPSA) is 169 Å². The van der Waals surface area contributed by atoms with Gasteiger partial charge in [0.05, 0.1) is 11.8 Å². The van der Waals surface area contributed by atoms with Crippen molar-refractivity contribution in [3.05, 3.63) is 55.6 Å². The van der Waals surface area contributed by atoms with E-state index < -0.39 is 10.2 Å². The Morgan fingerprint density at radius 2 is 1.18 bits per heavy atom. The van der Waals surface area contributed by atoms with Crippen molar-refractivity contribution in [2.75, 3.05) is 52.5 Å². The van der Waals surface area contributed by atoms with E-state index in [2.05, 4.69) is 54.4 Å². The first-order valence-electron chi connectivity index (χ1n) is 12.9. The Labute approximate surface area is 220 Å². The van der Waals surface area contributed by atoms with Crippen molar-refractivity contribution in [2.45, 2.75) is 38.8 Å². The fourth-order valence-corrected chi connectivity index (χ4v) is 4.97. The lowest BCUT2D eigenvalue weighted by Gasteiger charge is -2.32. The Morgan fingerprint density at radius 1 is 0.789 bits per heavy atom. The zero-order valence-electron chi connectivity index (χ0n) is 21.4. The molecule has 2 amide bonds. The van der Waals surface area contributed by atoms with Crippen LogP contribution in [0, 0.1) is 32.1 Å². The summed E-state index contributed by atoms with van der Waals surface area (Å²) in [5, 5.41) is 24.1. The number of hydrogen-bond donors (Lipinski definition) is 2. The molecule has 0 saturated carbocycles. The van der Waals surface area contributed by atoms with Gasteiger partial charge in [0.1, 0.15) is 13.2 Å². The summed E-state index contributed by atoms with van der Waals surface area (Å²) in [6.45, 7) is 4.47. The first-order chi connectivity index (χ1) is 18.3. The maximum Gasteiger partial charge on any atom is 0.294 e. The summed E-state index contributed by atoms with van der Waals surface area (Å²) in [6, 6.07) is 8.38. The highest BCUT2D eigenvalue weighted by Gasteiger charge is 2.27. The molecule has 2 N–H and O–H groups in total. The van der Waals surface area contributed by atoms with Gasteiger partial charge in [0.2, 0.25) is 11.8 Å². The lowest BCUT2D eigenvalue weighted by Crippen LogP contribution is -2.43. The summed E-state index contributed by atoms with van der Waals surface area (Å²) in [5.41, 5.74) is 2.31. The van der Waals surface area contributed by atoms with Crippen molar-refractivity contribution in [2.24, 2.45) is 11.8 Å². The van der Waals surface area contributed by atoms with Crippen LogP contribution >= 0.6 is 0 Å². The van der Waals surface area contributed by atoms with Crippen LogP contribution in [0.3, 0.4) is 0 Å². The zero-order valence-corrected chi connectivity index (χ0v) is 21.4. The molecular weight excluding hydrogens is 500 g/mol. The summed E-state index contributed by atoms with van der Waals surface area (Å²) in [6.07, 6.45) is 3.40. The Morgan fingerprint density at radius 3 is 1.55 bits per heavy atom. The van der Waals surface area contributed by atoms with Gasteiger partial charge in [0.25, 0.3) is 10.2 Å². The van der Waals surface area contributed by atoms with E-state index in [0.29, 0.717) is 13.1 Å². The Kier molecular flexibility index (Phi) is 11.5. The highest BCUT2D eigenvalue weighted by molar-refractivity contribution is 5.79. The Bertz CT molecular complexity index is 871. The molecule has 2 atom stereocenters. The van der Waals surface area contributed by atoms with Crippen LogP contribution in [0.5, 0.6) is 0 Å². The third-order valence-corrected chi connectivity index (χ3v) is 6.78. The minimum atomic E-state index is -0.870. The number of hydrogen-bond acceptors (Lipinski definition) is 10. The van der Waals surface area contributed by atoms with Crippen molar-refractivity contribution in [1.82, 2.24) is 20.4 Å². The molecule has 1 aromatic rings. The molecule has 2 aliphatic heterocycles. The zero-order chi connectivity index (χ0) is 27.3. The minimum Gasteiger partial charge on any atom is -0.354 e. The van der Waals surface area contributed by atoms with Gasteiger partial charge in [-0.25, -0.2) is 0 Å². The molecule has 2 unspecified atom stereocenters. The summed E-state index contributed by atoms with van der Waals surface area (Å²) in [7, 11) is 0. The van der Waals surface area contributed by atoms with E-state index in [0.717, 1.165) is 63.0 Å². The van der Waals surface area contributed by atoms with Crippen LogP contribution in [0.25, 0.3) is 0 Å². The molecule has 2 saturated heterocycles. The van der Waals surface area contributed by atoms with Crippen LogP contribution in [0.4, 0.5) is 0 Å². The molecule has 2 fully saturated rings. The summed E-state index contributed by atoms with van der Waals surface area (Å²) >= 11 is 0. The molecule has 1 aromatic carbocycles. The van der Waals surface area contributed by atoms with Crippen LogP contribution in [0.2, 0.25) is 0 Å². The fraction of sp³-hybridized carbons (Fsp3) is 0.667. The smallest absolute Gasteiger partial charge is 0.294 e. The average Bonchev–Trinajstić information content (AvgIpc) is 2.90. The molecule has 14 heteroatoms. The second-order valence-corrected chi connectivity index (χ2v) is 9.66. The molecule has 0 aliphatic carbocycles. The number of rotatable bonds is 14. The number of carbonyl (C=O) groups is 2. The first-order valence-corrected chi connectivity index (χ1v) is 12.9. The number of benzene rings is 1. The number of nitrogens with one attached hydrogen (secondary N) is 2. The molecule has 0 spiro atoms. The van der Waals surface area contributed by atoms with Gasteiger partial charge in [-0.2, -0.15) is 0 Å². The van der Waals surface area contributed by atoms with E-state index in [1.54, 1.807) is 0 Å². The van der Waals surface area contributed by atoms with Gasteiger partial charge >= 0.3 is 0 Å². The average molecular weight is 537 g/mol. The summed E-state index contributed by atoms with van der Waals surface area (Å²) in [5.74, 6) is -0.502. The van der Waals surface area contributed by atoms with Crippen molar-refractivity contribution in [1.29, 1.82) is 0 Å². The second kappa shape index (κ2) is 15.0. The Hall–Kier alpha value is -3.52. The minimum absolute atomic E-state index is 0.101. The Balaban J connectivity index is 1.40. The van der Waals surface area contributed by atoms with Crippen LogP contribution in [0.1, 0.15) is 36.8 Å². The predicted octanol–water partition coefficient (Wildman–Crippen LogP) is 0.760. The van der Waals surface area contributed by atoms with E-state index in [9.17, 15) is 29.8 Å². The third kappa shape index (κ3) is 10.1. The normalized spacial score (nSPS) is 20.3.